The fourth-order valence-corrected chi connectivity index (χ4v) is 3.00. The monoisotopic (exact) mass is 269 g/mol. The maximum absolute atomic E-state index is 6.16. The predicted octanol–water partition coefficient (Wildman–Crippen LogP) is 2.41. The molecule has 114 valence electrons. The smallest absolute Gasteiger partial charge is 0.0306 e. The van der Waals surface area contributed by atoms with Gasteiger partial charge in [0, 0.05) is 31.7 Å². The van der Waals surface area contributed by atoms with Crippen molar-refractivity contribution in [2.75, 3.05) is 40.3 Å². The van der Waals surface area contributed by atoms with Crippen LogP contribution in [0.4, 0.5) is 0 Å². The fraction of sp³-hybridized carbons (Fsp3) is 1.00. The molecule has 1 aliphatic rings. The Morgan fingerprint density at radius 2 is 1.84 bits per heavy atom. The van der Waals surface area contributed by atoms with Gasteiger partial charge in [-0.1, -0.05) is 33.1 Å². The summed E-state index contributed by atoms with van der Waals surface area (Å²) in [7, 11) is 4.30. The van der Waals surface area contributed by atoms with Crippen molar-refractivity contribution in [1.29, 1.82) is 0 Å². The Labute approximate surface area is 120 Å². The summed E-state index contributed by atoms with van der Waals surface area (Å²) < 4.78 is 0. The largest absolute Gasteiger partial charge is 0.329 e. The molecular formula is C16H35N3. The molecule has 1 aliphatic carbocycles. The molecule has 19 heavy (non-hydrogen) atoms. The summed E-state index contributed by atoms with van der Waals surface area (Å²) in [5, 5.41) is 0. The van der Waals surface area contributed by atoms with Gasteiger partial charge >= 0.3 is 0 Å². The van der Waals surface area contributed by atoms with E-state index in [1.165, 1.54) is 25.7 Å². The molecule has 0 spiro atoms. The van der Waals surface area contributed by atoms with Crippen LogP contribution in [-0.2, 0) is 0 Å². The molecule has 0 amide bonds. The summed E-state index contributed by atoms with van der Waals surface area (Å²) in [6.07, 6.45) is 5.54. The first-order chi connectivity index (χ1) is 8.87. The molecule has 1 saturated carbocycles. The summed E-state index contributed by atoms with van der Waals surface area (Å²) in [5.41, 5.74) is 6.35. The van der Waals surface area contributed by atoms with E-state index in [9.17, 15) is 0 Å². The van der Waals surface area contributed by atoms with E-state index in [0.717, 1.165) is 32.1 Å². The average molecular weight is 269 g/mol. The molecule has 3 nitrogen and oxygen atoms in total. The Kier molecular flexibility index (Phi) is 6.78. The molecule has 0 aromatic rings. The summed E-state index contributed by atoms with van der Waals surface area (Å²) in [6.45, 7) is 11.2. The number of likely N-dealkylation sites (N-methyl/N-ethyl adjacent to an activating group) is 1. The number of rotatable bonds is 9. The van der Waals surface area contributed by atoms with Gasteiger partial charge in [-0.25, -0.2) is 0 Å². The van der Waals surface area contributed by atoms with Crippen molar-refractivity contribution < 1.29 is 0 Å². The van der Waals surface area contributed by atoms with Crippen LogP contribution in [0.2, 0.25) is 0 Å². The first kappa shape index (κ1) is 16.9. The number of nitrogens with zero attached hydrogens (tertiary/aromatic N) is 2. The van der Waals surface area contributed by atoms with Gasteiger partial charge < -0.3 is 10.6 Å². The Morgan fingerprint density at radius 3 is 2.21 bits per heavy atom. The molecular weight excluding hydrogens is 234 g/mol. The highest BCUT2D eigenvalue weighted by Gasteiger charge is 2.35. The Balaban J connectivity index is 2.65. The highest BCUT2D eigenvalue weighted by atomic mass is 15.2. The van der Waals surface area contributed by atoms with Crippen molar-refractivity contribution >= 4 is 0 Å². The first-order valence-corrected chi connectivity index (χ1v) is 7.97. The van der Waals surface area contributed by atoms with Crippen LogP contribution in [0, 0.1) is 11.8 Å². The number of nitrogens with two attached hydrogens (primary N) is 1. The zero-order valence-electron chi connectivity index (χ0n) is 13.8. The van der Waals surface area contributed by atoms with Crippen LogP contribution in [0.3, 0.4) is 0 Å². The molecule has 0 aromatic carbocycles. The summed E-state index contributed by atoms with van der Waals surface area (Å²) in [5.74, 6) is 1.62. The van der Waals surface area contributed by atoms with Crippen LogP contribution in [0.15, 0.2) is 0 Å². The first-order valence-electron chi connectivity index (χ1n) is 7.97. The van der Waals surface area contributed by atoms with Gasteiger partial charge in [-0.2, -0.15) is 0 Å². The van der Waals surface area contributed by atoms with Gasteiger partial charge in [0.25, 0.3) is 0 Å². The zero-order chi connectivity index (χ0) is 14.5. The lowest BCUT2D eigenvalue weighted by atomic mass is 9.75. The standard InChI is InChI=1S/C16H35N3/c1-14(2)12-19(10-9-18(4)5)16(3,13-17)11-15-7-6-8-15/h14-15H,6-13,17H2,1-5H3. The van der Waals surface area contributed by atoms with Crippen molar-refractivity contribution in [3.05, 3.63) is 0 Å². The van der Waals surface area contributed by atoms with Crippen LogP contribution in [0.25, 0.3) is 0 Å². The summed E-state index contributed by atoms with van der Waals surface area (Å²) in [6, 6.07) is 0. The molecule has 1 atom stereocenters. The Bertz CT molecular complexity index is 248. The van der Waals surface area contributed by atoms with Crippen molar-refractivity contribution in [3.63, 3.8) is 0 Å². The second-order valence-electron chi connectivity index (χ2n) is 7.35. The fourth-order valence-electron chi connectivity index (χ4n) is 3.00. The van der Waals surface area contributed by atoms with E-state index in [0.29, 0.717) is 5.92 Å². The highest BCUT2D eigenvalue weighted by molar-refractivity contribution is 4.92. The lowest BCUT2D eigenvalue weighted by Crippen LogP contribution is -2.55. The molecule has 0 radical (unpaired) electrons. The van der Waals surface area contributed by atoms with E-state index in [1.54, 1.807) is 0 Å². The molecule has 0 saturated heterocycles. The third kappa shape index (κ3) is 5.41. The molecule has 1 unspecified atom stereocenters. The molecule has 1 rings (SSSR count). The topological polar surface area (TPSA) is 32.5 Å². The van der Waals surface area contributed by atoms with Crippen LogP contribution >= 0.6 is 0 Å². The van der Waals surface area contributed by atoms with E-state index in [4.69, 9.17) is 5.73 Å². The van der Waals surface area contributed by atoms with E-state index in [1.807, 2.05) is 0 Å². The SMILES string of the molecule is CC(C)CN(CCN(C)C)C(C)(CN)CC1CCC1. The average Bonchev–Trinajstić information content (AvgIpc) is 2.28. The number of hydrogen-bond donors (Lipinski definition) is 1. The third-order valence-corrected chi connectivity index (χ3v) is 4.56. The lowest BCUT2D eigenvalue weighted by Gasteiger charge is -2.45. The zero-order valence-corrected chi connectivity index (χ0v) is 13.8. The van der Waals surface area contributed by atoms with Gasteiger partial charge in [0.05, 0.1) is 0 Å². The maximum atomic E-state index is 6.16. The maximum Gasteiger partial charge on any atom is 0.0306 e. The van der Waals surface area contributed by atoms with Gasteiger partial charge in [0.15, 0.2) is 0 Å². The molecule has 1 fully saturated rings. The number of hydrogen-bond acceptors (Lipinski definition) is 3. The Morgan fingerprint density at radius 1 is 1.21 bits per heavy atom. The van der Waals surface area contributed by atoms with Crippen LogP contribution in [0.1, 0.15) is 46.5 Å². The van der Waals surface area contributed by atoms with E-state index in [2.05, 4.69) is 44.7 Å². The summed E-state index contributed by atoms with van der Waals surface area (Å²) in [4.78, 5) is 4.92. The van der Waals surface area contributed by atoms with Gasteiger partial charge in [0.2, 0.25) is 0 Å². The second-order valence-corrected chi connectivity index (χ2v) is 7.35. The predicted molar refractivity (Wildman–Crippen MR) is 84.4 cm³/mol. The second kappa shape index (κ2) is 7.61. The molecule has 3 heteroatoms. The molecule has 0 bridgehead atoms. The molecule has 2 N–H and O–H groups in total. The third-order valence-electron chi connectivity index (χ3n) is 4.56. The Hall–Kier alpha value is -0.120. The molecule has 0 aromatic heterocycles. The van der Waals surface area contributed by atoms with Crippen molar-refractivity contribution in [2.24, 2.45) is 17.6 Å². The van der Waals surface area contributed by atoms with Gasteiger partial charge in [-0.15, -0.1) is 0 Å². The van der Waals surface area contributed by atoms with Crippen LogP contribution < -0.4 is 5.73 Å². The summed E-state index contributed by atoms with van der Waals surface area (Å²) >= 11 is 0. The lowest BCUT2D eigenvalue weighted by molar-refractivity contribution is 0.0523. The minimum absolute atomic E-state index is 0.186. The van der Waals surface area contributed by atoms with E-state index < -0.39 is 0 Å². The van der Waals surface area contributed by atoms with Crippen molar-refractivity contribution in [1.82, 2.24) is 9.80 Å². The minimum atomic E-state index is 0.186. The van der Waals surface area contributed by atoms with Crippen LogP contribution in [-0.4, -0.2) is 55.6 Å². The van der Waals surface area contributed by atoms with E-state index >= 15 is 0 Å². The van der Waals surface area contributed by atoms with E-state index in [-0.39, 0.29) is 5.54 Å². The quantitative estimate of drug-likeness (QED) is 0.698. The molecule has 0 aliphatic heterocycles. The molecule has 0 heterocycles. The van der Waals surface area contributed by atoms with Gasteiger partial charge in [-0.05, 0) is 39.3 Å². The minimum Gasteiger partial charge on any atom is -0.329 e. The normalized spacial score (nSPS) is 20.1. The van der Waals surface area contributed by atoms with Crippen LogP contribution in [0.5, 0.6) is 0 Å². The van der Waals surface area contributed by atoms with Crippen molar-refractivity contribution in [2.45, 2.75) is 52.0 Å². The van der Waals surface area contributed by atoms with Gasteiger partial charge in [-0.3, -0.25) is 4.90 Å². The van der Waals surface area contributed by atoms with Crippen molar-refractivity contribution in [3.8, 4) is 0 Å². The van der Waals surface area contributed by atoms with Gasteiger partial charge in [0.1, 0.15) is 0 Å². The highest BCUT2D eigenvalue weighted by Crippen LogP contribution is 2.35.